The van der Waals surface area contributed by atoms with Gasteiger partial charge in [-0.2, -0.15) is 0 Å². The molecule has 0 radical (unpaired) electrons. The summed E-state index contributed by atoms with van der Waals surface area (Å²) in [4.78, 5) is 12.0. The Kier molecular flexibility index (Phi) is 3.69. The van der Waals surface area contributed by atoms with Crippen LogP contribution in [0.4, 0.5) is 0 Å². The number of hydrogen-bond acceptors (Lipinski definition) is 3. The van der Waals surface area contributed by atoms with Crippen LogP contribution in [0, 0.1) is 5.92 Å². The number of rotatable bonds is 3. The van der Waals surface area contributed by atoms with E-state index in [0.29, 0.717) is 12.3 Å². The maximum Gasteiger partial charge on any atom is 0.224 e. The van der Waals surface area contributed by atoms with E-state index in [1.807, 2.05) is 0 Å². The van der Waals surface area contributed by atoms with Gasteiger partial charge in [0.05, 0.1) is 23.0 Å². The highest BCUT2D eigenvalue weighted by molar-refractivity contribution is 7.91. The van der Waals surface area contributed by atoms with Crippen molar-refractivity contribution in [3.63, 3.8) is 0 Å². The van der Waals surface area contributed by atoms with E-state index in [0.717, 1.165) is 25.7 Å². The maximum absolute atomic E-state index is 12.0. The summed E-state index contributed by atoms with van der Waals surface area (Å²) in [7, 11) is -2.99. The first-order valence-electron chi connectivity index (χ1n) is 6.05. The summed E-state index contributed by atoms with van der Waals surface area (Å²) in [5.41, 5.74) is -0.287. The highest BCUT2D eigenvalue weighted by atomic mass is 35.5. The van der Waals surface area contributed by atoms with Gasteiger partial charge in [0.1, 0.15) is 0 Å². The van der Waals surface area contributed by atoms with Gasteiger partial charge in [0.25, 0.3) is 0 Å². The standard InChI is InChI=1S/C11H18ClNO3S/c12-8-11(4-1-2-5-11)13-10(14)9-3-6-17(15,16)7-9/h9H,1-8H2,(H,13,14). The van der Waals surface area contributed by atoms with Gasteiger partial charge in [-0.15, -0.1) is 11.6 Å². The van der Waals surface area contributed by atoms with Crippen LogP contribution in [0.5, 0.6) is 0 Å². The molecule has 1 amide bonds. The summed E-state index contributed by atoms with van der Waals surface area (Å²) >= 11 is 5.94. The third-order valence-corrected chi connectivity index (χ3v) is 6.09. The normalized spacial score (nSPS) is 30.3. The van der Waals surface area contributed by atoms with E-state index >= 15 is 0 Å². The molecule has 1 saturated carbocycles. The van der Waals surface area contributed by atoms with Gasteiger partial charge in [-0.25, -0.2) is 8.42 Å². The predicted molar refractivity (Wildman–Crippen MR) is 66.8 cm³/mol. The van der Waals surface area contributed by atoms with Crippen LogP contribution < -0.4 is 5.32 Å². The van der Waals surface area contributed by atoms with Gasteiger partial charge in [-0.3, -0.25) is 4.79 Å². The lowest BCUT2D eigenvalue weighted by Crippen LogP contribution is -2.50. The lowest BCUT2D eigenvalue weighted by atomic mass is 9.98. The molecule has 0 spiro atoms. The number of carbonyl (C=O) groups excluding carboxylic acids is 1. The first kappa shape index (κ1) is 13.1. The van der Waals surface area contributed by atoms with Gasteiger partial charge in [-0.1, -0.05) is 12.8 Å². The van der Waals surface area contributed by atoms with Crippen molar-refractivity contribution in [2.45, 2.75) is 37.6 Å². The fourth-order valence-electron chi connectivity index (χ4n) is 2.71. The minimum Gasteiger partial charge on any atom is -0.349 e. The number of nitrogens with one attached hydrogen (secondary N) is 1. The number of amides is 1. The number of alkyl halides is 1. The van der Waals surface area contributed by atoms with Gasteiger partial charge in [0, 0.05) is 5.88 Å². The van der Waals surface area contributed by atoms with Gasteiger partial charge in [0.2, 0.25) is 5.91 Å². The summed E-state index contributed by atoms with van der Waals surface area (Å²) in [6, 6.07) is 0. The highest BCUT2D eigenvalue weighted by Gasteiger charge is 2.39. The van der Waals surface area contributed by atoms with E-state index in [1.54, 1.807) is 0 Å². The van der Waals surface area contributed by atoms with Crippen LogP contribution in [0.1, 0.15) is 32.1 Å². The molecular formula is C11H18ClNO3S. The van der Waals surface area contributed by atoms with Crippen molar-refractivity contribution in [3.05, 3.63) is 0 Å². The molecule has 0 bridgehead atoms. The van der Waals surface area contributed by atoms with Gasteiger partial charge in [0.15, 0.2) is 9.84 Å². The van der Waals surface area contributed by atoms with E-state index in [1.165, 1.54) is 0 Å². The average molecular weight is 280 g/mol. The molecule has 0 aromatic heterocycles. The van der Waals surface area contributed by atoms with Crippen LogP contribution in [0.3, 0.4) is 0 Å². The molecule has 98 valence electrons. The minimum absolute atomic E-state index is 0.00278. The molecule has 0 aromatic carbocycles. The van der Waals surface area contributed by atoms with Gasteiger partial charge in [-0.05, 0) is 19.3 Å². The molecule has 0 aromatic rings. The Balaban J connectivity index is 1.97. The zero-order valence-corrected chi connectivity index (χ0v) is 11.3. The molecule has 1 aliphatic heterocycles. The molecule has 1 unspecified atom stereocenters. The molecule has 1 saturated heterocycles. The molecule has 1 aliphatic carbocycles. The smallest absolute Gasteiger partial charge is 0.224 e. The predicted octanol–water partition coefficient (Wildman–Crippen LogP) is 1.09. The highest BCUT2D eigenvalue weighted by Crippen LogP contribution is 2.31. The zero-order chi connectivity index (χ0) is 12.5. The summed E-state index contributed by atoms with van der Waals surface area (Å²) in [5.74, 6) is 0.0447. The lowest BCUT2D eigenvalue weighted by Gasteiger charge is -2.29. The Labute approximate surface area is 107 Å². The molecular weight excluding hydrogens is 262 g/mol. The summed E-state index contributed by atoms with van der Waals surface area (Å²) in [6.45, 7) is 0. The van der Waals surface area contributed by atoms with Crippen LogP contribution in [-0.4, -0.2) is 37.2 Å². The summed E-state index contributed by atoms with van der Waals surface area (Å²) in [5, 5.41) is 2.99. The summed E-state index contributed by atoms with van der Waals surface area (Å²) < 4.78 is 22.7. The molecule has 2 fully saturated rings. The van der Waals surface area contributed by atoms with E-state index in [-0.39, 0.29) is 28.9 Å². The monoisotopic (exact) mass is 279 g/mol. The maximum atomic E-state index is 12.0. The second-order valence-electron chi connectivity index (χ2n) is 5.21. The number of carbonyl (C=O) groups is 1. The zero-order valence-electron chi connectivity index (χ0n) is 9.75. The van der Waals surface area contributed by atoms with Crippen molar-refractivity contribution in [1.29, 1.82) is 0 Å². The van der Waals surface area contributed by atoms with Crippen LogP contribution in [-0.2, 0) is 14.6 Å². The first-order valence-corrected chi connectivity index (χ1v) is 8.40. The van der Waals surface area contributed by atoms with Crippen molar-refractivity contribution in [3.8, 4) is 0 Å². The topological polar surface area (TPSA) is 63.2 Å². The largest absolute Gasteiger partial charge is 0.349 e. The van der Waals surface area contributed by atoms with Crippen molar-refractivity contribution in [1.82, 2.24) is 5.32 Å². The third-order valence-electron chi connectivity index (χ3n) is 3.81. The quantitative estimate of drug-likeness (QED) is 0.787. The van der Waals surface area contributed by atoms with Crippen LogP contribution >= 0.6 is 11.6 Å². The van der Waals surface area contributed by atoms with E-state index in [4.69, 9.17) is 11.6 Å². The van der Waals surface area contributed by atoms with Crippen LogP contribution in [0.25, 0.3) is 0 Å². The van der Waals surface area contributed by atoms with Crippen molar-refractivity contribution in [2.24, 2.45) is 5.92 Å². The fourth-order valence-corrected chi connectivity index (χ4v) is 4.78. The van der Waals surface area contributed by atoms with Crippen molar-refractivity contribution in [2.75, 3.05) is 17.4 Å². The van der Waals surface area contributed by atoms with E-state index < -0.39 is 9.84 Å². The molecule has 17 heavy (non-hydrogen) atoms. The molecule has 6 heteroatoms. The van der Waals surface area contributed by atoms with E-state index in [9.17, 15) is 13.2 Å². The Morgan fingerprint density at radius 2 is 2.00 bits per heavy atom. The minimum atomic E-state index is -2.99. The molecule has 2 aliphatic rings. The lowest BCUT2D eigenvalue weighted by molar-refractivity contribution is -0.126. The van der Waals surface area contributed by atoms with Crippen molar-refractivity contribution >= 4 is 27.3 Å². The van der Waals surface area contributed by atoms with Crippen LogP contribution in [0.2, 0.25) is 0 Å². The van der Waals surface area contributed by atoms with E-state index in [2.05, 4.69) is 5.32 Å². The number of halogens is 1. The van der Waals surface area contributed by atoms with Gasteiger partial charge >= 0.3 is 0 Å². The molecule has 1 N–H and O–H groups in total. The Bertz CT molecular complexity index is 401. The Hall–Kier alpha value is -0.290. The van der Waals surface area contributed by atoms with Crippen molar-refractivity contribution < 1.29 is 13.2 Å². The third kappa shape index (κ3) is 2.94. The molecule has 1 heterocycles. The van der Waals surface area contributed by atoms with Gasteiger partial charge < -0.3 is 5.32 Å². The fraction of sp³-hybridized carbons (Fsp3) is 0.909. The van der Waals surface area contributed by atoms with Crippen LogP contribution in [0.15, 0.2) is 0 Å². The number of sulfone groups is 1. The number of hydrogen-bond donors (Lipinski definition) is 1. The SMILES string of the molecule is O=C(NC1(CCl)CCCC1)C1CCS(=O)(=O)C1. The second kappa shape index (κ2) is 4.76. The molecule has 1 atom stereocenters. The Morgan fingerprint density at radius 1 is 1.35 bits per heavy atom. The molecule has 2 rings (SSSR count). The molecule has 4 nitrogen and oxygen atoms in total. The average Bonchev–Trinajstić information content (AvgIpc) is 2.86. The second-order valence-corrected chi connectivity index (χ2v) is 7.71. The Morgan fingerprint density at radius 3 is 2.47 bits per heavy atom. The summed E-state index contributed by atoms with van der Waals surface area (Å²) in [6.07, 6.45) is 4.42. The first-order chi connectivity index (χ1) is 7.96.